The molecule has 0 saturated carbocycles. The van der Waals surface area contributed by atoms with Gasteiger partial charge in [0.1, 0.15) is 5.75 Å². The summed E-state index contributed by atoms with van der Waals surface area (Å²) in [7, 11) is 1.61. The topological polar surface area (TPSA) is 47.3 Å². The van der Waals surface area contributed by atoms with Gasteiger partial charge >= 0.3 is 0 Å². The quantitative estimate of drug-likeness (QED) is 0.630. The van der Waals surface area contributed by atoms with E-state index in [4.69, 9.17) is 22.2 Å². The average molecular weight is 305 g/mol. The van der Waals surface area contributed by atoms with Gasteiger partial charge in [-0.05, 0) is 43.0 Å². The molecule has 0 aliphatic heterocycles. The van der Waals surface area contributed by atoms with Crippen molar-refractivity contribution in [2.75, 3.05) is 7.11 Å². The molecule has 0 aliphatic carbocycles. The molecule has 2 aromatic rings. The lowest BCUT2D eigenvalue weighted by Crippen LogP contribution is -2.28. The Morgan fingerprint density at radius 1 is 1.24 bits per heavy atom. The van der Waals surface area contributed by atoms with Gasteiger partial charge in [0.2, 0.25) is 0 Å². The first-order valence-corrected chi connectivity index (χ1v) is 7.37. The Labute approximate surface area is 131 Å². The number of aryl methyl sites for hydroxylation is 2. The minimum absolute atomic E-state index is 0.0664. The number of methoxy groups -OCH3 is 1. The van der Waals surface area contributed by atoms with Crippen molar-refractivity contribution in [1.82, 2.24) is 5.43 Å². The first-order valence-electron chi connectivity index (χ1n) is 6.99. The average Bonchev–Trinajstić information content (AvgIpc) is 2.49. The zero-order valence-electron chi connectivity index (χ0n) is 12.4. The smallest absolute Gasteiger partial charge is 0.137 e. The van der Waals surface area contributed by atoms with Gasteiger partial charge in [-0.2, -0.15) is 0 Å². The minimum atomic E-state index is 0.0664. The van der Waals surface area contributed by atoms with Crippen LogP contribution in [0, 0.1) is 6.92 Å². The number of rotatable bonds is 6. The Balaban J connectivity index is 2.09. The maximum absolute atomic E-state index is 6.06. The summed E-state index contributed by atoms with van der Waals surface area (Å²) in [5.74, 6) is 6.38. The molecule has 0 aliphatic rings. The molecule has 0 spiro atoms. The van der Waals surface area contributed by atoms with Crippen molar-refractivity contribution in [2.24, 2.45) is 5.84 Å². The number of halogens is 1. The predicted molar refractivity (Wildman–Crippen MR) is 87.6 cm³/mol. The summed E-state index contributed by atoms with van der Waals surface area (Å²) in [6, 6.07) is 14.4. The van der Waals surface area contributed by atoms with Gasteiger partial charge in [-0.1, -0.05) is 47.5 Å². The summed E-state index contributed by atoms with van der Waals surface area (Å²) in [5.41, 5.74) is 6.54. The van der Waals surface area contributed by atoms with Gasteiger partial charge < -0.3 is 4.74 Å². The molecule has 0 fully saturated rings. The number of ether oxygens (including phenoxy) is 1. The molecule has 1 atom stereocenters. The van der Waals surface area contributed by atoms with Crippen LogP contribution < -0.4 is 16.0 Å². The van der Waals surface area contributed by atoms with Gasteiger partial charge in [-0.15, -0.1) is 0 Å². The highest BCUT2D eigenvalue weighted by Gasteiger charge is 2.12. The van der Waals surface area contributed by atoms with Crippen molar-refractivity contribution in [1.29, 1.82) is 0 Å². The number of hydrogen-bond acceptors (Lipinski definition) is 3. The molecule has 112 valence electrons. The van der Waals surface area contributed by atoms with E-state index in [1.165, 1.54) is 11.1 Å². The number of hydrazine groups is 1. The highest BCUT2D eigenvalue weighted by atomic mass is 35.5. The first kappa shape index (κ1) is 15.8. The van der Waals surface area contributed by atoms with E-state index in [0.29, 0.717) is 10.8 Å². The van der Waals surface area contributed by atoms with Crippen molar-refractivity contribution in [2.45, 2.75) is 25.8 Å². The van der Waals surface area contributed by atoms with Crippen molar-refractivity contribution in [3.05, 3.63) is 64.2 Å². The van der Waals surface area contributed by atoms with Crippen LogP contribution in [-0.2, 0) is 6.42 Å². The van der Waals surface area contributed by atoms with E-state index < -0.39 is 0 Å². The van der Waals surface area contributed by atoms with Crippen LogP contribution in [0.2, 0.25) is 5.02 Å². The summed E-state index contributed by atoms with van der Waals surface area (Å²) in [6.45, 7) is 2.10. The summed E-state index contributed by atoms with van der Waals surface area (Å²) in [4.78, 5) is 0. The Bertz CT molecular complexity index is 601. The van der Waals surface area contributed by atoms with Gasteiger partial charge in [-0.3, -0.25) is 11.3 Å². The second-order valence-corrected chi connectivity index (χ2v) is 5.55. The summed E-state index contributed by atoms with van der Waals surface area (Å²) < 4.78 is 5.26. The van der Waals surface area contributed by atoms with Crippen LogP contribution in [0.4, 0.5) is 0 Å². The zero-order chi connectivity index (χ0) is 15.2. The minimum Gasteiger partial charge on any atom is -0.495 e. The molecular formula is C17H21ClN2O. The van der Waals surface area contributed by atoms with Crippen LogP contribution in [0.15, 0.2) is 42.5 Å². The normalized spacial score (nSPS) is 12.2. The molecule has 0 radical (unpaired) electrons. The molecule has 0 amide bonds. The van der Waals surface area contributed by atoms with Crippen LogP contribution in [0.5, 0.6) is 5.75 Å². The second kappa shape index (κ2) is 7.46. The van der Waals surface area contributed by atoms with Crippen molar-refractivity contribution < 1.29 is 4.74 Å². The number of nitrogens with one attached hydrogen (secondary N) is 1. The molecular weight excluding hydrogens is 284 g/mol. The molecule has 0 saturated heterocycles. The second-order valence-electron chi connectivity index (χ2n) is 5.14. The van der Waals surface area contributed by atoms with Gasteiger partial charge in [0.25, 0.3) is 0 Å². The van der Waals surface area contributed by atoms with Gasteiger partial charge in [-0.25, -0.2) is 0 Å². The van der Waals surface area contributed by atoms with Crippen molar-refractivity contribution in [3.8, 4) is 5.75 Å². The fourth-order valence-corrected chi connectivity index (χ4v) is 2.61. The third-order valence-electron chi connectivity index (χ3n) is 3.58. The third-order valence-corrected chi connectivity index (χ3v) is 3.90. The SMILES string of the molecule is COc1cc(C(CCc2cccc(C)c2)NN)ccc1Cl. The van der Waals surface area contributed by atoms with E-state index in [0.717, 1.165) is 18.4 Å². The van der Waals surface area contributed by atoms with Gasteiger partial charge in [0.05, 0.1) is 12.1 Å². The number of hydrogen-bond donors (Lipinski definition) is 2. The Morgan fingerprint density at radius 3 is 2.71 bits per heavy atom. The van der Waals surface area contributed by atoms with Crippen molar-refractivity contribution in [3.63, 3.8) is 0 Å². The van der Waals surface area contributed by atoms with E-state index in [-0.39, 0.29) is 6.04 Å². The molecule has 21 heavy (non-hydrogen) atoms. The molecule has 0 aromatic heterocycles. The summed E-state index contributed by atoms with van der Waals surface area (Å²) in [5, 5.41) is 0.607. The predicted octanol–water partition coefficient (Wildman–Crippen LogP) is 3.79. The van der Waals surface area contributed by atoms with Crippen LogP contribution in [-0.4, -0.2) is 7.11 Å². The zero-order valence-corrected chi connectivity index (χ0v) is 13.2. The Hall–Kier alpha value is -1.55. The maximum Gasteiger partial charge on any atom is 0.137 e. The fourth-order valence-electron chi connectivity index (χ4n) is 2.42. The van der Waals surface area contributed by atoms with Crippen molar-refractivity contribution >= 4 is 11.6 Å². The molecule has 1 unspecified atom stereocenters. The largest absolute Gasteiger partial charge is 0.495 e. The lowest BCUT2D eigenvalue weighted by Gasteiger charge is -2.17. The molecule has 4 heteroatoms. The number of benzene rings is 2. The molecule has 0 bridgehead atoms. The molecule has 0 heterocycles. The monoisotopic (exact) mass is 304 g/mol. The first-order chi connectivity index (χ1) is 10.1. The fraction of sp³-hybridized carbons (Fsp3) is 0.294. The van der Waals surface area contributed by atoms with Crippen LogP contribution in [0.1, 0.15) is 29.2 Å². The lowest BCUT2D eigenvalue weighted by atomic mass is 9.98. The summed E-state index contributed by atoms with van der Waals surface area (Å²) in [6.07, 6.45) is 1.87. The third kappa shape index (κ3) is 4.21. The maximum atomic E-state index is 6.06. The van der Waals surface area contributed by atoms with E-state index in [2.05, 4.69) is 36.6 Å². The van der Waals surface area contributed by atoms with Gasteiger partial charge in [0.15, 0.2) is 0 Å². The molecule has 2 aromatic carbocycles. The highest BCUT2D eigenvalue weighted by molar-refractivity contribution is 6.32. The van der Waals surface area contributed by atoms with Crippen LogP contribution in [0.25, 0.3) is 0 Å². The van der Waals surface area contributed by atoms with Crippen LogP contribution >= 0.6 is 11.6 Å². The Morgan fingerprint density at radius 2 is 2.05 bits per heavy atom. The standard InChI is InChI=1S/C17H21ClN2O/c1-12-4-3-5-13(10-12)6-9-16(20-19)14-7-8-15(18)17(11-14)21-2/h3-5,7-8,10-11,16,20H,6,9,19H2,1-2H3. The van der Waals surface area contributed by atoms with E-state index in [1.54, 1.807) is 7.11 Å². The molecule has 2 rings (SSSR count). The lowest BCUT2D eigenvalue weighted by molar-refractivity contribution is 0.412. The van der Waals surface area contributed by atoms with Crippen LogP contribution in [0.3, 0.4) is 0 Å². The van der Waals surface area contributed by atoms with Gasteiger partial charge in [0, 0.05) is 6.04 Å². The van der Waals surface area contributed by atoms with E-state index >= 15 is 0 Å². The van der Waals surface area contributed by atoms with E-state index in [9.17, 15) is 0 Å². The Kier molecular flexibility index (Phi) is 5.62. The number of nitrogens with two attached hydrogens (primary N) is 1. The molecule has 3 nitrogen and oxygen atoms in total. The summed E-state index contributed by atoms with van der Waals surface area (Å²) >= 11 is 6.06. The van der Waals surface area contributed by atoms with E-state index in [1.807, 2.05) is 18.2 Å². The molecule has 3 N–H and O–H groups in total. The highest BCUT2D eigenvalue weighted by Crippen LogP contribution is 2.29.